The molecule has 1 saturated heterocycles. The standard InChI is InChI=1S/C36H61N13O9/c1-19(2)12-24-32(55)45-22(9-7-11-41-36(38)39)30(53)42-17-28(50)44-26(14-21-16-40-18-43-21)34(57)49-27(15-29(51)52)35(58)46-23(8-5-6-10-37)31(54)47-25(13-20(3)4)33(56)48-24/h16,18-20,22-27H,5-15,17,37H2,1-4H3,(H,40,43)(H,42,53)(H,44,50)(H,45,55)(H,46,58)(H,47,54)(H,48,56)(H,49,57)(H,51,52)(H4,38,39,41)/t22-,23-,24-,25-,26-,27-/m0/s1. The van der Waals surface area contributed by atoms with E-state index in [1.165, 1.54) is 12.5 Å². The highest BCUT2D eigenvalue weighted by Gasteiger charge is 2.35. The molecule has 1 aliphatic heterocycles. The fraction of sp³-hybridized carbons (Fsp3) is 0.667. The number of nitrogens with two attached hydrogens (primary N) is 3. The summed E-state index contributed by atoms with van der Waals surface area (Å²) in [6, 6.07) is -8.00. The van der Waals surface area contributed by atoms with Crippen LogP contribution in [-0.2, 0) is 44.8 Å². The number of imidazole rings is 1. The summed E-state index contributed by atoms with van der Waals surface area (Å²) in [5.74, 6) is -7.65. The number of carboxylic acids is 1. The number of guanidine groups is 1. The Bertz CT molecular complexity index is 1580. The number of unbranched alkanes of at least 4 members (excludes halogenated alkanes) is 1. The van der Waals surface area contributed by atoms with E-state index in [1.54, 1.807) is 0 Å². The molecule has 0 saturated carbocycles. The van der Waals surface area contributed by atoms with Crippen molar-refractivity contribution in [1.29, 1.82) is 0 Å². The lowest BCUT2D eigenvalue weighted by atomic mass is 9.99. The van der Waals surface area contributed by atoms with Crippen LogP contribution < -0.4 is 54.4 Å². The van der Waals surface area contributed by atoms with Crippen molar-refractivity contribution in [2.45, 2.75) is 122 Å². The van der Waals surface area contributed by atoms with Gasteiger partial charge in [-0.1, -0.05) is 27.7 Å². The highest BCUT2D eigenvalue weighted by atomic mass is 16.4. The van der Waals surface area contributed by atoms with E-state index in [0.29, 0.717) is 18.5 Å². The summed E-state index contributed by atoms with van der Waals surface area (Å²) in [6.45, 7) is 7.03. The normalized spacial score (nSPS) is 23.3. The molecule has 1 fully saturated rings. The first-order valence-corrected chi connectivity index (χ1v) is 19.4. The van der Waals surface area contributed by atoms with Gasteiger partial charge in [0.1, 0.15) is 36.3 Å². The number of rotatable bonds is 16. The van der Waals surface area contributed by atoms with E-state index in [9.17, 15) is 43.5 Å². The maximum Gasteiger partial charge on any atom is 0.305 e. The van der Waals surface area contributed by atoms with Crippen LogP contribution in [-0.4, -0.2) is 124 Å². The molecule has 0 spiro atoms. The molecule has 0 bridgehead atoms. The molecule has 0 aliphatic carbocycles. The van der Waals surface area contributed by atoms with Crippen molar-refractivity contribution in [3.8, 4) is 0 Å². The third kappa shape index (κ3) is 18.0. The first kappa shape index (κ1) is 48.3. The number of carboxylic acid groups (broad SMARTS) is 1. The number of carbonyl (C=O) groups excluding carboxylic acids is 7. The lowest BCUT2D eigenvalue weighted by molar-refractivity contribution is -0.141. The summed E-state index contributed by atoms with van der Waals surface area (Å²) in [4.78, 5) is 118. The summed E-state index contributed by atoms with van der Waals surface area (Å²) >= 11 is 0. The molecule has 0 radical (unpaired) electrons. The van der Waals surface area contributed by atoms with Gasteiger partial charge in [0.2, 0.25) is 41.4 Å². The van der Waals surface area contributed by atoms with Gasteiger partial charge < -0.3 is 64.5 Å². The van der Waals surface area contributed by atoms with Crippen LogP contribution in [0.5, 0.6) is 0 Å². The third-order valence-corrected chi connectivity index (χ3v) is 8.90. The molecule has 15 N–H and O–H groups in total. The molecule has 22 nitrogen and oxygen atoms in total. The molecule has 0 unspecified atom stereocenters. The largest absolute Gasteiger partial charge is 0.481 e. The number of amides is 7. The Morgan fingerprint density at radius 2 is 1.22 bits per heavy atom. The van der Waals surface area contributed by atoms with Gasteiger partial charge in [0.25, 0.3) is 0 Å². The van der Waals surface area contributed by atoms with Gasteiger partial charge in [-0.05, 0) is 63.3 Å². The van der Waals surface area contributed by atoms with Crippen LogP contribution in [0.15, 0.2) is 17.5 Å². The zero-order valence-electron chi connectivity index (χ0n) is 33.6. The molecule has 6 atom stereocenters. The number of aromatic nitrogens is 2. The number of hydrogen-bond donors (Lipinski definition) is 12. The maximum atomic E-state index is 13.9. The summed E-state index contributed by atoms with van der Waals surface area (Å²) in [5, 5.41) is 27.6. The van der Waals surface area contributed by atoms with E-state index in [4.69, 9.17) is 17.2 Å². The lowest BCUT2D eigenvalue weighted by Crippen LogP contribution is -2.60. The second kappa shape index (κ2) is 24.8. The van der Waals surface area contributed by atoms with Gasteiger partial charge in [0.05, 0.1) is 19.3 Å². The molecule has 7 amide bonds. The summed E-state index contributed by atoms with van der Waals surface area (Å²) in [5.41, 5.74) is 16.9. The minimum absolute atomic E-state index is 0.0206. The van der Waals surface area contributed by atoms with Crippen molar-refractivity contribution in [3.05, 3.63) is 18.2 Å². The number of carbonyl (C=O) groups is 8. The van der Waals surface area contributed by atoms with E-state index >= 15 is 0 Å². The van der Waals surface area contributed by atoms with Crippen molar-refractivity contribution in [3.63, 3.8) is 0 Å². The zero-order chi connectivity index (χ0) is 43.4. The zero-order valence-corrected chi connectivity index (χ0v) is 33.6. The molecular formula is C36H61N13O9. The molecule has 2 heterocycles. The molecule has 1 aromatic heterocycles. The highest BCUT2D eigenvalue weighted by molar-refractivity contribution is 5.98. The van der Waals surface area contributed by atoms with Crippen LogP contribution >= 0.6 is 0 Å². The van der Waals surface area contributed by atoms with Crippen molar-refractivity contribution < 1.29 is 43.5 Å². The smallest absolute Gasteiger partial charge is 0.305 e. The van der Waals surface area contributed by atoms with E-state index in [1.807, 2.05) is 27.7 Å². The van der Waals surface area contributed by atoms with Crippen LogP contribution in [0.2, 0.25) is 0 Å². The first-order valence-electron chi connectivity index (χ1n) is 19.4. The molecule has 1 aliphatic rings. The Balaban J connectivity index is 2.65. The number of H-pyrrole nitrogens is 1. The van der Waals surface area contributed by atoms with Gasteiger partial charge in [-0.15, -0.1) is 0 Å². The Labute approximate surface area is 337 Å². The number of hydrogen-bond acceptors (Lipinski definition) is 11. The Morgan fingerprint density at radius 3 is 1.74 bits per heavy atom. The average molecular weight is 820 g/mol. The van der Waals surface area contributed by atoms with Gasteiger partial charge in [0.15, 0.2) is 5.96 Å². The second-order valence-corrected chi connectivity index (χ2v) is 15.0. The topological polar surface area (TPSA) is 360 Å². The molecular weight excluding hydrogens is 758 g/mol. The quantitative estimate of drug-likeness (QED) is 0.0443. The predicted molar refractivity (Wildman–Crippen MR) is 211 cm³/mol. The number of aliphatic imine (C=N–C) groups is 1. The van der Waals surface area contributed by atoms with Gasteiger partial charge in [0, 0.05) is 24.9 Å². The lowest BCUT2D eigenvalue weighted by Gasteiger charge is -2.28. The van der Waals surface area contributed by atoms with E-state index in [0.717, 1.165) is 0 Å². The summed E-state index contributed by atoms with van der Waals surface area (Å²) in [7, 11) is 0. The van der Waals surface area contributed by atoms with Crippen LogP contribution in [0.4, 0.5) is 0 Å². The van der Waals surface area contributed by atoms with Crippen LogP contribution in [0, 0.1) is 11.8 Å². The second-order valence-electron chi connectivity index (χ2n) is 15.0. The minimum Gasteiger partial charge on any atom is -0.481 e. The number of nitrogens with one attached hydrogen (secondary N) is 8. The van der Waals surface area contributed by atoms with Gasteiger partial charge in [-0.2, -0.15) is 0 Å². The van der Waals surface area contributed by atoms with Gasteiger partial charge in [-0.3, -0.25) is 43.3 Å². The number of aliphatic carboxylic acids is 1. The van der Waals surface area contributed by atoms with Crippen LogP contribution in [0.1, 0.15) is 84.8 Å². The third-order valence-electron chi connectivity index (χ3n) is 8.90. The number of nitrogens with zero attached hydrogens (tertiary/aromatic N) is 2. The fourth-order valence-corrected chi connectivity index (χ4v) is 6.05. The Kier molecular flexibility index (Phi) is 20.6. The minimum atomic E-state index is -1.71. The van der Waals surface area contributed by atoms with Crippen molar-refractivity contribution in [2.24, 2.45) is 34.0 Å². The van der Waals surface area contributed by atoms with Crippen molar-refractivity contribution >= 4 is 53.3 Å². The Morgan fingerprint density at radius 1 is 0.724 bits per heavy atom. The van der Waals surface area contributed by atoms with Crippen LogP contribution in [0.25, 0.3) is 0 Å². The summed E-state index contributed by atoms with van der Waals surface area (Å²) in [6.07, 6.45) is 3.05. The maximum absolute atomic E-state index is 13.9. The van der Waals surface area contributed by atoms with Gasteiger partial charge in [-0.25, -0.2) is 4.98 Å². The molecule has 1 aromatic rings. The molecule has 2 rings (SSSR count). The van der Waals surface area contributed by atoms with E-state index in [-0.39, 0.29) is 69.4 Å². The average Bonchev–Trinajstić information content (AvgIpc) is 3.65. The molecule has 22 heteroatoms. The first-order chi connectivity index (χ1) is 27.4. The van der Waals surface area contributed by atoms with Crippen molar-refractivity contribution in [1.82, 2.24) is 47.2 Å². The molecule has 0 aromatic carbocycles. The monoisotopic (exact) mass is 819 g/mol. The fourth-order valence-electron chi connectivity index (χ4n) is 6.05. The van der Waals surface area contributed by atoms with E-state index in [2.05, 4.69) is 52.2 Å². The van der Waals surface area contributed by atoms with Crippen molar-refractivity contribution in [2.75, 3.05) is 19.6 Å². The van der Waals surface area contributed by atoms with E-state index < -0.39 is 96.5 Å². The Hall–Kier alpha value is -5.80. The highest BCUT2D eigenvalue weighted by Crippen LogP contribution is 2.12. The molecule has 58 heavy (non-hydrogen) atoms. The number of aromatic amines is 1. The molecule has 324 valence electrons. The summed E-state index contributed by atoms with van der Waals surface area (Å²) < 4.78 is 0. The van der Waals surface area contributed by atoms with Gasteiger partial charge >= 0.3 is 5.97 Å². The SMILES string of the molecule is CC(C)C[C@@H]1NC(=O)[C@H](CC(C)C)NC(=O)[C@H](CCCCN)NC(=O)[C@H](CC(=O)O)NC(=O)[C@H](Cc2cnc[nH]2)NC(=O)CNC(=O)[C@H](CCCN=C(N)N)NC1=O. The van der Waals surface area contributed by atoms with Crippen LogP contribution in [0.3, 0.4) is 0 Å². The predicted octanol–water partition coefficient (Wildman–Crippen LogP) is -3.26.